The number of hydrogen-bond acceptors (Lipinski definition) is 5. The van der Waals surface area contributed by atoms with Crippen molar-refractivity contribution < 1.29 is 13.9 Å². The second kappa shape index (κ2) is 6.47. The van der Waals surface area contributed by atoms with E-state index >= 15 is 0 Å². The van der Waals surface area contributed by atoms with Crippen LogP contribution < -0.4 is 10.6 Å². The Kier molecular flexibility index (Phi) is 4.88. The number of nitrogens with zero attached hydrogens (tertiary/aromatic N) is 1. The minimum atomic E-state index is -0.455. The molecule has 0 spiro atoms. The fourth-order valence-corrected chi connectivity index (χ4v) is 2.49. The normalized spacial score (nSPS) is 22.3. The smallest absolute Gasteiger partial charge is 0.407 e. The number of alkyl carbamates (subject to hydrolysis) is 1. The maximum Gasteiger partial charge on any atom is 0.407 e. The number of aromatic nitrogens is 1. The molecular weight excluding hydrogens is 270 g/mol. The summed E-state index contributed by atoms with van der Waals surface area (Å²) >= 11 is 0. The van der Waals surface area contributed by atoms with E-state index in [1.165, 1.54) is 0 Å². The lowest BCUT2D eigenvalue weighted by Crippen LogP contribution is -2.38. The maximum absolute atomic E-state index is 11.7. The summed E-state index contributed by atoms with van der Waals surface area (Å²) in [6.07, 6.45) is 4.27. The molecule has 0 radical (unpaired) electrons. The zero-order valence-corrected chi connectivity index (χ0v) is 13.2. The third-order valence-corrected chi connectivity index (χ3v) is 3.36. The van der Waals surface area contributed by atoms with Crippen LogP contribution in [0.4, 0.5) is 4.79 Å². The Morgan fingerprint density at radius 1 is 1.43 bits per heavy atom. The molecule has 6 heteroatoms. The predicted octanol–water partition coefficient (Wildman–Crippen LogP) is 2.52. The standard InChI is InChI=1S/C15H25N3O3/c1-10-8-17-13(20-10)9-16-11-5-6-12(7-11)18-14(19)21-15(2,3)4/h8,11-12,16H,5-7,9H2,1-4H3,(H,18,19). The number of rotatable bonds is 4. The Labute approximate surface area is 125 Å². The number of carbonyl (C=O) groups excluding carboxylic acids is 1. The summed E-state index contributed by atoms with van der Waals surface area (Å²) in [5, 5.41) is 6.34. The van der Waals surface area contributed by atoms with Crippen molar-refractivity contribution in [2.24, 2.45) is 0 Å². The first kappa shape index (κ1) is 15.8. The second-order valence-corrected chi connectivity index (χ2v) is 6.60. The molecule has 2 atom stereocenters. The van der Waals surface area contributed by atoms with Gasteiger partial charge in [-0.2, -0.15) is 0 Å². The Balaban J connectivity index is 1.70. The number of carbonyl (C=O) groups is 1. The van der Waals surface area contributed by atoms with E-state index in [4.69, 9.17) is 9.15 Å². The first-order valence-corrected chi connectivity index (χ1v) is 7.46. The lowest BCUT2D eigenvalue weighted by atomic mass is 10.2. The highest BCUT2D eigenvalue weighted by Crippen LogP contribution is 2.20. The number of ether oxygens (including phenoxy) is 1. The van der Waals surface area contributed by atoms with Gasteiger partial charge in [-0.25, -0.2) is 9.78 Å². The topological polar surface area (TPSA) is 76.4 Å². The predicted molar refractivity (Wildman–Crippen MR) is 78.9 cm³/mol. The van der Waals surface area contributed by atoms with Gasteiger partial charge in [-0.1, -0.05) is 0 Å². The molecule has 6 nitrogen and oxygen atoms in total. The van der Waals surface area contributed by atoms with Crippen LogP contribution in [0.25, 0.3) is 0 Å². The van der Waals surface area contributed by atoms with Crippen molar-refractivity contribution in [3.8, 4) is 0 Å². The molecule has 0 saturated heterocycles. The third-order valence-electron chi connectivity index (χ3n) is 3.36. The summed E-state index contributed by atoms with van der Waals surface area (Å²) < 4.78 is 10.7. The Bertz CT molecular complexity index is 479. The molecule has 1 aliphatic carbocycles. The lowest BCUT2D eigenvalue weighted by molar-refractivity contribution is 0.0505. The van der Waals surface area contributed by atoms with Crippen molar-refractivity contribution in [2.75, 3.05) is 0 Å². The molecule has 0 aliphatic heterocycles. The van der Waals surface area contributed by atoms with E-state index < -0.39 is 5.60 Å². The summed E-state index contributed by atoms with van der Waals surface area (Å²) in [6, 6.07) is 0.542. The average molecular weight is 295 g/mol. The highest BCUT2D eigenvalue weighted by Gasteiger charge is 2.27. The number of oxazole rings is 1. The first-order chi connectivity index (χ1) is 9.82. The van der Waals surface area contributed by atoms with E-state index in [0.29, 0.717) is 18.5 Å². The van der Waals surface area contributed by atoms with E-state index in [1.54, 1.807) is 6.20 Å². The van der Waals surface area contributed by atoms with Crippen LogP contribution in [0.15, 0.2) is 10.6 Å². The summed E-state index contributed by atoms with van der Waals surface area (Å²) in [5.41, 5.74) is -0.455. The minimum Gasteiger partial charge on any atom is -0.445 e. The monoisotopic (exact) mass is 295 g/mol. The maximum atomic E-state index is 11.7. The van der Waals surface area contributed by atoms with Crippen LogP contribution in [0.1, 0.15) is 51.7 Å². The second-order valence-electron chi connectivity index (χ2n) is 6.60. The first-order valence-electron chi connectivity index (χ1n) is 7.46. The molecule has 1 fully saturated rings. The van der Waals surface area contributed by atoms with Crippen molar-refractivity contribution in [1.29, 1.82) is 0 Å². The van der Waals surface area contributed by atoms with Crippen molar-refractivity contribution >= 4 is 6.09 Å². The van der Waals surface area contributed by atoms with Gasteiger partial charge in [0, 0.05) is 12.1 Å². The third kappa shape index (κ3) is 5.38. The highest BCUT2D eigenvalue weighted by atomic mass is 16.6. The highest BCUT2D eigenvalue weighted by molar-refractivity contribution is 5.68. The molecule has 0 aromatic carbocycles. The SMILES string of the molecule is Cc1cnc(CNC2CCC(NC(=O)OC(C)(C)C)C2)o1. The van der Waals surface area contributed by atoms with Gasteiger partial charge in [0.05, 0.1) is 12.7 Å². The van der Waals surface area contributed by atoms with Gasteiger partial charge in [-0.3, -0.25) is 0 Å². The molecule has 1 aliphatic rings. The summed E-state index contributed by atoms with van der Waals surface area (Å²) in [4.78, 5) is 15.9. The van der Waals surface area contributed by atoms with Gasteiger partial charge < -0.3 is 19.8 Å². The van der Waals surface area contributed by atoms with E-state index in [0.717, 1.165) is 25.0 Å². The van der Waals surface area contributed by atoms with Crippen LogP contribution in [-0.4, -0.2) is 28.8 Å². The summed E-state index contributed by atoms with van der Waals surface area (Å²) in [7, 11) is 0. The van der Waals surface area contributed by atoms with Gasteiger partial charge in [0.1, 0.15) is 11.4 Å². The zero-order valence-electron chi connectivity index (χ0n) is 13.2. The van der Waals surface area contributed by atoms with Crippen molar-refractivity contribution in [3.05, 3.63) is 17.8 Å². The van der Waals surface area contributed by atoms with Crippen LogP contribution in [0, 0.1) is 6.92 Å². The Hall–Kier alpha value is -1.56. The van der Waals surface area contributed by atoms with Crippen LogP contribution in [-0.2, 0) is 11.3 Å². The van der Waals surface area contributed by atoms with E-state index in [2.05, 4.69) is 15.6 Å². The van der Waals surface area contributed by atoms with E-state index in [-0.39, 0.29) is 12.1 Å². The average Bonchev–Trinajstić information content (AvgIpc) is 2.93. The van der Waals surface area contributed by atoms with Crippen LogP contribution in [0.3, 0.4) is 0 Å². The largest absolute Gasteiger partial charge is 0.445 e. The summed E-state index contributed by atoms with van der Waals surface area (Å²) in [5.74, 6) is 1.53. The van der Waals surface area contributed by atoms with Gasteiger partial charge >= 0.3 is 6.09 Å². The van der Waals surface area contributed by atoms with Crippen molar-refractivity contribution in [3.63, 3.8) is 0 Å². The quantitative estimate of drug-likeness (QED) is 0.892. The molecule has 2 N–H and O–H groups in total. The van der Waals surface area contributed by atoms with Gasteiger partial charge in [-0.15, -0.1) is 0 Å². The van der Waals surface area contributed by atoms with E-state index in [1.807, 2.05) is 27.7 Å². The lowest BCUT2D eigenvalue weighted by Gasteiger charge is -2.21. The van der Waals surface area contributed by atoms with Gasteiger partial charge in [-0.05, 0) is 47.0 Å². The molecule has 2 rings (SSSR count). The number of aryl methyl sites for hydroxylation is 1. The Morgan fingerprint density at radius 3 is 2.76 bits per heavy atom. The van der Waals surface area contributed by atoms with Gasteiger partial charge in [0.25, 0.3) is 0 Å². The molecule has 21 heavy (non-hydrogen) atoms. The van der Waals surface area contributed by atoms with Gasteiger partial charge in [0.15, 0.2) is 0 Å². The molecule has 118 valence electrons. The molecular formula is C15H25N3O3. The fourth-order valence-electron chi connectivity index (χ4n) is 2.49. The number of hydrogen-bond donors (Lipinski definition) is 2. The molecule has 1 heterocycles. The van der Waals surface area contributed by atoms with Gasteiger partial charge in [0.2, 0.25) is 5.89 Å². The Morgan fingerprint density at radius 2 is 2.14 bits per heavy atom. The van der Waals surface area contributed by atoms with E-state index in [9.17, 15) is 4.79 Å². The van der Waals surface area contributed by atoms with Crippen LogP contribution >= 0.6 is 0 Å². The molecule has 0 bridgehead atoms. The fraction of sp³-hybridized carbons (Fsp3) is 0.733. The molecule has 1 aromatic heterocycles. The van der Waals surface area contributed by atoms with Crippen molar-refractivity contribution in [1.82, 2.24) is 15.6 Å². The molecule has 1 aromatic rings. The molecule has 1 saturated carbocycles. The van der Waals surface area contributed by atoms with Crippen LogP contribution in [0.5, 0.6) is 0 Å². The summed E-state index contributed by atoms with van der Waals surface area (Å²) in [6.45, 7) is 8.10. The molecule has 1 amide bonds. The molecule has 2 unspecified atom stereocenters. The zero-order chi connectivity index (χ0) is 15.5. The minimum absolute atomic E-state index is 0.170. The van der Waals surface area contributed by atoms with Crippen LogP contribution in [0.2, 0.25) is 0 Å². The number of amides is 1. The number of nitrogens with one attached hydrogen (secondary N) is 2. The van der Waals surface area contributed by atoms with Crippen molar-refractivity contribution in [2.45, 2.75) is 71.2 Å².